The lowest BCUT2D eigenvalue weighted by Crippen LogP contribution is -2.45. The minimum Gasteiger partial charge on any atom is -0.370 e. The zero-order valence-electron chi connectivity index (χ0n) is 15.8. The van der Waals surface area contributed by atoms with Gasteiger partial charge in [-0.15, -0.1) is 24.0 Å². The largest absolute Gasteiger partial charge is 0.370 e. The molecule has 2 heterocycles. The first-order valence-corrected chi connectivity index (χ1v) is 10.6. The van der Waals surface area contributed by atoms with E-state index in [1.807, 2.05) is 11.8 Å². The number of likely N-dealkylation sites (N-methyl/N-ethyl adjacent to an activating group) is 1. The highest BCUT2D eigenvalue weighted by Crippen LogP contribution is 2.15. The number of hydrogen-bond donors (Lipinski definition) is 1. The predicted octanol–water partition coefficient (Wildman–Crippen LogP) is 2.31. The summed E-state index contributed by atoms with van der Waals surface area (Å²) in [5, 5.41) is 0. The summed E-state index contributed by atoms with van der Waals surface area (Å²) in [5.41, 5.74) is 8.90. The fourth-order valence-corrected chi connectivity index (χ4v) is 4.33. The molecule has 1 aromatic rings. The zero-order chi connectivity index (χ0) is 17.5. The Morgan fingerprint density at radius 3 is 2.27 bits per heavy atom. The van der Waals surface area contributed by atoms with E-state index in [0.29, 0.717) is 12.5 Å². The van der Waals surface area contributed by atoms with Crippen LogP contribution in [-0.4, -0.2) is 78.0 Å². The Bertz CT molecular complexity index is 569. The Hall–Kier alpha value is -0.510. The highest BCUT2D eigenvalue weighted by molar-refractivity contribution is 14.0. The van der Waals surface area contributed by atoms with Crippen LogP contribution in [0.4, 0.5) is 0 Å². The van der Waals surface area contributed by atoms with Gasteiger partial charge in [-0.2, -0.15) is 11.8 Å². The smallest absolute Gasteiger partial charge is 0.191 e. The molecule has 0 amide bonds. The third kappa shape index (κ3) is 6.28. The number of aliphatic imine (C=N–C) groups is 1. The van der Waals surface area contributed by atoms with Gasteiger partial charge in [0.25, 0.3) is 0 Å². The van der Waals surface area contributed by atoms with Crippen molar-refractivity contribution in [3.8, 4) is 0 Å². The van der Waals surface area contributed by atoms with Gasteiger partial charge >= 0.3 is 0 Å². The quantitative estimate of drug-likeness (QED) is 0.391. The maximum Gasteiger partial charge on any atom is 0.191 e. The number of benzene rings is 1. The van der Waals surface area contributed by atoms with Gasteiger partial charge in [0, 0.05) is 57.3 Å². The first-order valence-electron chi connectivity index (χ1n) is 9.40. The molecule has 0 aromatic heterocycles. The van der Waals surface area contributed by atoms with Crippen molar-refractivity contribution in [3.63, 3.8) is 0 Å². The minimum absolute atomic E-state index is 0. The SMILES string of the molecule is CCN1CCN(Cc2ccccc2CN=C(N)N2CCSCC2)CC1.I. The Labute approximate surface area is 179 Å². The van der Waals surface area contributed by atoms with Crippen molar-refractivity contribution in [1.82, 2.24) is 14.7 Å². The van der Waals surface area contributed by atoms with Gasteiger partial charge in [-0.05, 0) is 17.7 Å². The van der Waals surface area contributed by atoms with Gasteiger partial charge in [-0.25, -0.2) is 4.99 Å². The lowest BCUT2D eigenvalue weighted by atomic mass is 10.1. The number of nitrogens with zero attached hydrogens (tertiary/aromatic N) is 4. The van der Waals surface area contributed by atoms with Crippen LogP contribution in [0.1, 0.15) is 18.1 Å². The summed E-state index contributed by atoms with van der Waals surface area (Å²) >= 11 is 1.99. The van der Waals surface area contributed by atoms with Crippen LogP contribution in [0.3, 0.4) is 0 Å². The molecule has 0 atom stereocenters. The Balaban J connectivity index is 0.00000243. The fraction of sp³-hybridized carbons (Fsp3) is 0.632. The van der Waals surface area contributed by atoms with Gasteiger partial charge in [0.2, 0.25) is 0 Å². The number of hydrogen-bond acceptors (Lipinski definition) is 4. The van der Waals surface area contributed by atoms with Crippen molar-refractivity contribution in [3.05, 3.63) is 35.4 Å². The molecule has 146 valence electrons. The van der Waals surface area contributed by atoms with Crippen molar-refractivity contribution in [2.24, 2.45) is 10.7 Å². The topological polar surface area (TPSA) is 48.1 Å². The van der Waals surface area contributed by atoms with Gasteiger partial charge in [0.15, 0.2) is 5.96 Å². The minimum atomic E-state index is 0. The third-order valence-corrected chi connectivity index (χ3v) is 6.11. The van der Waals surface area contributed by atoms with Crippen LogP contribution in [0.2, 0.25) is 0 Å². The molecule has 0 unspecified atom stereocenters. The van der Waals surface area contributed by atoms with Gasteiger partial charge in [-0.3, -0.25) is 4.90 Å². The van der Waals surface area contributed by atoms with E-state index < -0.39 is 0 Å². The monoisotopic (exact) mass is 489 g/mol. The predicted molar refractivity (Wildman–Crippen MR) is 123 cm³/mol. The van der Waals surface area contributed by atoms with Crippen molar-refractivity contribution in [2.45, 2.75) is 20.0 Å². The normalized spacial score (nSPS) is 20.0. The molecule has 0 bridgehead atoms. The average Bonchev–Trinajstić information content (AvgIpc) is 2.68. The van der Waals surface area contributed by atoms with E-state index in [1.165, 1.54) is 24.2 Å². The molecule has 0 saturated carbocycles. The molecule has 26 heavy (non-hydrogen) atoms. The molecule has 2 saturated heterocycles. The molecule has 0 spiro atoms. The Morgan fingerprint density at radius 1 is 1.00 bits per heavy atom. The second kappa shape index (κ2) is 11.4. The first-order chi connectivity index (χ1) is 12.3. The van der Waals surface area contributed by atoms with Crippen LogP contribution in [0.15, 0.2) is 29.3 Å². The standard InChI is InChI=1S/C19H31N5S.HI/c1-2-22-7-9-23(10-8-22)16-18-6-4-3-5-17(18)15-21-19(20)24-11-13-25-14-12-24;/h3-6H,2,7-16H2,1H3,(H2,20,21);1H. The number of rotatable bonds is 5. The maximum atomic E-state index is 6.21. The van der Waals surface area contributed by atoms with Crippen LogP contribution >= 0.6 is 35.7 Å². The van der Waals surface area contributed by atoms with E-state index in [4.69, 9.17) is 5.73 Å². The molecular formula is C19H32IN5S. The second-order valence-corrected chi connectivity index (χ2v) is 7.98. The zero-order valence-corrected chi connectivity index (χ0v) is 18.9. The van der Waals surface area contributed by atoms with Crippen LogP contribution in [0, 0.1) is 0 Å². The van der Waals surface area contributed by atoms with Gasteiger partial charge in [-0.1, -0.05) is 31.2 Å². The van der Waals surface area contributed by atoms with Gasteiger partial charge < -0.3 is 15.5 Å². The van der Waals surface area contributed by atoms with E-state index in [9.17, 15) is 0 Å². The number of thioether (sulfide) groups is 1. The van der Waals surface area contributed by atoms with Crippen molar-refractivity contribution in [1.29, 1.82) is 0 Å². The van der Waals surface area contributed by atoms with Gasteiger partial charge in [0.05, 0.1) is 6.54 Å². The summed E-state index contributed by atoms with van der Waals surface area (Å²) in [7, 11) is 0. The number of nitrogens with two attached hydrogens (primary N) is 1. The van der Waals surface area contributed by atoms with Gasteiger partial charge in [0.1, 0.15) is 0 Å². The lowest BCUT2D eigenvalue weighted by Gasteiger charge is -2.34. The fourth-order valence-electron chi connectivity index (χ4n) is 3.43. The second-order valence-electron chi connectivity index (χ2n) is 6.75. The molecule has 7 heteroatoms. The molecule has 2 aliphatic heterocycles. The molecular weight excluding hydrogens is 457 g/mol. The molecule has 5 nitrogen and oxygen atoms in total. The summed E-state index contributed by atoms with van der Waals surface area (Å²) in [6.45, 7) is 11.8. The lowest BCUT2D eigenvalue weighted by molar-refractivity contribution is 0.131. The summed E-state index contributed by atoms with van der Waals surface area (Å²) in [4.78, 5) is 12.0. The Morgan fingerprint density at radius 2 is 1.62 bits per heavy atom. The average molecular weight is 489 g/mol. The molecule has 2 aliphatic rings. The molecule has 0 aliphatic carbocycles. The number of guanidine groups is 1. The summed E-state index contributed by atoms with van der Waals surface area (Å²) in [6.07, 6.45) is 0. The molecule has 3 rings (SSSR count). The van der Waals surface area contributed by atoms with Crippen molar-refractivity contribution >= 4 is 41.7 Å². The Kier molecular flexibility index (Phi) is 9.52. The van der Waals surface area contributed by atoms with E-state index >= 15 is 0 Å². The molecule has 1 aromatic carbocycles. The van der Waals surface area contributed by atoms with Crippen molar-refractivity contribution in [2.75, 3.05) is 57.3 Å². The summed E-state index contributed by atoms with van der Waals surface area (Å²) in [5.74, 6) is 3.00. The maximum absolute atomic E-state index is 6.21. The highest BCUT2D eigenvalue weighted by atomic mass is 127. The van der Waals surface area contributed by atoms with E-state index in [1.54, 1.807) is 0 Å². The van der Waals surface area contributed by atoms with Crippen LogP contribution in [0.25, 0.3) is 0 Å². The van der Waals surface area contributed by atoms with Crippen LogP contribution in [0.5, 0.6) is 0 Å². The third-order valence-electron chi connectivity index (χ3n) is 5.17. The van der Waals surface area contributed by atoms with E-state index in [2.05, 4.69) is 50.9 Å². The van der Waals surface area contributed by atoms with Crippen LogP contribution < -0.4 is 5.73 Å². The number of halogens is 1. The van der Waals surface area contributed by atoms with E-state index in [0.717, 1.165) is 50.8 Å². The number of piperazine rings is 1. The van der Waals surface area contributed by atoms with E-state index in [-0.39, 0.29) is 24.0 Å². The molecule has 2 N–H and O–H groups in total. The molecule has 0 radical (unpaired) electrons. The van der Waals surface area contributed by atoms with Crippen molar-refractivity contribution < 1.29 is 0 Å². The first kappa shape index (κ1) is 21.8. The molecule has 2 fully saturated rings. The highest BCUT2D eigenvalue weighted by Gasteiger charge is 2.17. The summed E-state index contributed by atoms with van der Waals surface area (Å²) in [6, 6.07) is 8.68. The summed E-state index contributed by atoms with van der Waals surface area (Å²) < 4.78 is 0. The van der Waals surface area contributed by atoms with Crippen LogP contribution in [-0.2, 0) is 13.1 Å².